The number of rotatable bonds is 3. The van der Waals surface area contributed by atoms with Crippen LogP contribution in [0.3, 0.4) is 0 Å². The molecule has 0 saturated heterocycles. The molecule has 1 aromatic carbocycles. The number of aromatic amines is 1. The Hall–Kier alpha value is -2.83. The van der Waals surface area contributed by atoms with Crippen LogP contribution < -0.4 is 10.9 Å². The van der Waals surface area contributed by atoms with Crippen molar-refractivity contribution in [2.24, 2.45) is 0 Å². The van der Waals surface area contributed by atoms with Crippen LogP contribution in [0.4, 0.5) is 5.69 Å². The van der Waals surface area contributed by atoms with Crippen LogP contribution in [0.1, 0.15) is 17.3 Å². The minimum Gasteiger partial charge on any atom is -0.477 e. The van der Waals surface area contributed by atoms with Crippen molar-refractivity contribution < 1.29 is 14.7 Å². The number of amides is 1. The van der Waals surface area contributed by atoms with Gasteiger partial charge >= 0.3 is 5.97 Å². The lowest BCUT2D eigenvalue weighted by Crippen LogP contribution is -2.21. The number of aromatic carboxylic acids is 1. The van der Waals surface area contributed by atoms with Gasteiger partial charge in [-0.3, -0.25) is 14.7 Å². The second-order valence-electron chi connectivity index (χ2n) is 3.83. The van der Waals surface area contributed by atoms with Crippen molar-refractivity contribution in [1.29, 1.82) is 0 Å². The molecule has 0 spiro atoms. The van der Waals surface area contributed by atoms with Crippen LogP contribution in [-0.4, -0.2) is 26.8 Å². The summed E-state index contributed by atoms with van der Waals surface area (Å²) in [7, 11) is 0. The molecule has 0 aliphatic heterocycles. The van der Waals surface area contributed by atoms with E-state index in [9.17, 15) is 14.4 Å². The third kappa shape index (κ3) is 2.39. The van der Waals surface area contributed by atoms with Crippen molar-refractivity contribution in [1.82, 2.24) is 9.78 Å². The van der Waals surface area contributed by atoms with Gasteiger partial charge in [-0.15, -0.1) is 0 Å². The van der Waals surface area contributed by atoms with Gasteiger partial charge in [0.15, 0.2) is 0 Å². The summed E-state index contributed by atoms with van der Waals surface area (Å²) in [4.78, 5) is 33.8. The van der Waals surface area contributed by atoms with Crippen LogP contribution in [0.2, 0.25) is 0 Å². The number of anilines is 1. The molecule has 0 bridgehead atoms. The average molecular weight is 261 g/mol. The molecule has 7 nitrogen and oxygen atoms in total. The standard InChI is InChI=1S/C12H11N3O4/c1-7(16)14-9-4-2-3-5-10(9)15-11(17)8(6-13-15)12(18)19/h2-6,13H,1H3,(H,14,16)(H,18,19). The molecule has 0 aliphatic rings. The predicted octanol–water partition coefficient (Wildman–Crippen LogP) is 0.822. The Morgan fingerprint density at radius 3 is 2.58 bits per heavy atom. The van der Waals surface area contributed by atoms with Crippen LogP contribution >= 0.6 is 0 Å². The normalized spacial score (nSPS) is 10.2. The molecule has 7 heteroatoms. The molecule has 19 heavy (non-hydrogen) atoms. The molecule has 0 fully saturated rings. The topological polar surface area (TPSA) is 104 Å². The molecule has 2 aromatic rings. The molecular weight excluding hydrogens is 250 g/mol. The van der Waals surface area contributed by atoms with Crippen LogP contribution in [0, 0.1) is 0 Å². The number of H-pyrrole nitrogens is 1. The summed E-state index contributed by atoms with van der Waals surface area (Å²) in [6.07, 6.45) is 1.11. The van der Waals surface area contributed by atoms with Gasteiger partial charge in [-0.2, -0.15) is 0 Å². The number of hydrogen-bond acceptors (Lipinski definition) is 3. The van der Waals surface area contributed by atoms with E-state index in [0.717, 1.165) is 10.9 Å². The molecule has 0 aliphatic carbocycles. The monoisotopic (exact) mass is 261 g/mol. The first-order valence-corrected chi connectivity index (χ1v) is 5.41. The molecule has 1 aromatic heterocycles. The van der Waals surface area contributed by atoms with Crippen molar-refractivity contribution in [2.75, 3.05) is 5.32 Å². The first kappa shape index (κ1) is 12.6. The van der Waals surface area contributed by atoms with Crippen molar-refractivity contribution in [3.8, 4) is 5.69 Å². The van der Waals surface area contributed by atoms with Gasteiger partial charge in [0.25, 0.3) is 5.56 Å². The largest absolute Gasteiger partial charge is 0.477 e. The van der Waals surface area contributed by atoms with Gasteiger partial charge in [-0.05, 0) is 12.1 Å². The molecule has 1 heterocycles. The third-order valence-electron chi connectivity index (χ3n) is 2.46. The van der Waals surface area contributed by atoms with E-state index in [1.807, 2.05) is 0 Å². The minimum absolute atomic E-state index is 0.287. The number of hydrogen-bond donors (Lipinski definition) is 3. The molecule has 0 unspecified atom stereocenters. The highest BCUT2D eigenvalue weighted by Gasteiger charge is 2.15. The van der Waals surface area contributed by atoms with Crippen molar-refractivity contribution in [3.05, 3.63) is 46.4 Å². The van der Waals surface area contributed by atoms with Gasteiger partial charge in [-0.1, -0.05) is 12.1 Å². The van der Waals surface area contributed by atoms with E-state index in [-0.39, 0.29) is 11.5 Å². The molecule has 0 radical (unpaired) electrons. The van der Waals surface area contributed by atoms with E-state index < -0.39 is 11.5 Å². The van der Waals surface area contributed by atoms with Crippen LogP contribution in [0.25, 0.3) is 5.69 Å². The minimum atomic E-state index is -1.31. The summed E-state index contributed by atoms with van der Waals surface area (Å²) in [6.45, 7) is 1.34. The summed E-state index contributed by atoms with van der Waals surface area (Å²) in [5, 5.41) is 14.0. The number of carbonyl (C=O) groups is 2. The number of aromatic nitrogens is 2. The SMILES string of the molecule is CC(=O)Nc1ccccc1-n1[nH]cc(C(=O)O)c1=O. The smallest absolute Gasteiger partial charge is 0.342 e. The second kappa shape index (κ2) is 4.81. The van der Waals surface area contributed by atoms with Crippen LogP contribution in [-0.2, 0) is 4.79 Å². The molecule has 98 valence electrons. The van der Waals surface area contributed by atoms with Crippen LogP contribution in [0.5, 0.6) is 0 Å². The Bertz CT molecular complexity index is 699. The fourth-order valence-electron chi connectivity index (χ4n) is 1.67. The summed E-state index contributed by atoms with van der Waals surface area (Å²) >= 11 is 0. The number of carboxylic acids is 1. The van der Waals surface area contributed by atoms with E-state index in [1.54, 1.807) is 24.3 Å². The van der Waals surface area contributed by atoms with Crippen molar-refractivity contribution in [2.45, 2.75) is 6.92 Å². The van der Waals surface area contributed by atoms with Gasteiger partial charge in [0, 0.05) is 13.1 Å². The Labute approximate surface area is 107 Å². The average Bonchev–Trinajstić information content (AvgIpc) is 2.71. The van der Waals surface area contributed by atoms with Gasteiger partial charge in [0.1, 0.15) is 5.56 Å². The van der Waals surface area contributed by atoms with E-state index in [0.29, 0.717) is 11.4 Å². The molecular formula is C12H11N3O4. The zero-order valence-electron chi connectivity index (χ0n) is 10.0. The summed E-state index contributed by atoms with van der Waals surface area (Å²) in [5.41, 5.74) is -0.269. The van der Waals surface area contributed by atoms with Crippen molar-refractivity contribution >= 4 is 17.6 Å². The van der Waals surface area contributed by atoms with Gasteiger partial charge < -0.3 is 10.4 Å². The highest BCUT2D eigenvalue weighted by Crippen LogP contribution is 2.17. The highest BCUT2D eigenvalue weighted by molar-refractivity contribution is 5.91. The third-order valence-corrected chi connectivity index (χ3v) is 2.46. The van der Waals surface area contributed by atoms with Gasteiger partial charge in [0.05, 0.1) is 11.4 Å². The Morgan fingerprint density at radius 1 is 1.32 bits per heavy atom. The maximum Gasteiger partial charge on any atom is 0.342 e. The number of benzene rings is 1. The Morgan fingerprint density at radius 2 is 2.00 bits per heavy atom. The zero-order chi connectivity index (χ0) is 14.0. The molecule has 3 N–H and O–H groups in total. The zero-order valence-corrected chi connectivity index (χ0v) is 10.0. The second-order valence-corrected chi connectivity index (χ2v) is 3.83. The predicted molar refractivity (Wildman–Crippen MR) is 67.7 cm³/mol. The van der Waals surface area contributed by atoms with E-state index in [4.69, 9.17) is 5.11 Å². The Kier molecular flexibility index (Phi) is 3.19. The number of carboxylic acid groups (broad SMARTS) is 1. The highest BCUT2D eigenvalue weighted by atomic mass is 16.4. The maximum atomic E-state index is 11.9. The molecule has 1 amide bonds. The summed E-state index contributed by atoms with van der Waals surface area (Å²) < 4.78 is 1.06. The number of para-hydroxylation sites is 2. The number of nitrogens with zero attached hydrogens (tertiary/aromatic N) is 1. The fraction of sp³-hybridized carbons (Fsp3) is 0.0833. The summed E-state index contributed by atoms with van der Waals surface area (Å²) in [6, 6.07) is 6.58. The number of nitrogens with one attached hydrogen (secondary N) is 2. The van der Waals surface area contributed by atoms with Gasteiger partial charge in [0.2, 0.25) is 5.91 Å². The first-order valence-electron chi connectivity index (χ1n) is 5.41. The molecule has 0 atom stereocenters. The van der Waals surface area contributed by atoms with E-state index in [1.165, 1.54) is 6.92 Å². The number of carbonyl (C=O) groups excluding carboxylic acids is 1. The summed E-state index contributed by atoms with van der Waals surface area (Å²) in [5.74, 6) is -1.59. The van der Waals surface area contributed by atoms with E-state index >= 15 is 0 Å². The van der Waals surface area contributed by atoms with E-state index in [2.05, 4.69) is 10.4 Å². The van der Waals surface area contributed by atoms with Crippen molar-refractivity contribution in [3.63, 3.8) is 0 Å². The molecule has 2 rings (SSSR count). The first-order chi connectivity index (χ1) is 9.00. The Balaban J connectivity index is 2.56. The fourth-order valence-corrected chi connectivity index (χ4v) is 1.67. The van der Waals surface area contributed by atoms with Gasteiger partial charge in [-0.25, -0.2) is 9.48 Å². The quantitative estimate of drug-likeness (QED) is 0.760. The lowest BCUT2D eigenvalue weighted by atomic mass is 10.2. The van der Waals surface area contributed by atoms with Crippen LogP contribution in [0.15, 0.2) is 35.3 Å². The lowest BCUT2D eigenvalue weighted by Gasteiger charge is -2.09. The maximum absolute atomic E-state index is 11.9. The lowest BCUT2D eigenvalue weighted by molar-refractivity contribution is -0.114. The molecule has 0 saturated carbocycles.